The number of para-hydroxylation sites is 1. The molecule has 10 nitrogen and oxygen atoms in total. The number of pyridine rings is 1. The molecule has 0 aliphatic carbocycles. The third kappa shape index (κ3) is 7.62. The number of aryl methyl sites for hydroxylation is 1. The van der Waals surface area contributed by atoms with Crippen LogP contribution in [0.2, 0.25) is 0 Å². The second kappa shape index (κ2) is 13.2. The molecule has 1 aromatic heterocycles. The van der Waals surface area contributed by atoms with E-state index in [0.29, 0.717) is 59.3 Å². The average Bonchev–Trinajstić information content (AvgIpc) is 2.98. The zero-order valence-corrected chi connectivity index (χ0v) is 24.7. The normalized spacial score (nSPS) is 14.3. The number of nitrogens with one attached hydrogen (secondary N) is 1. The number of methoxy groups -OCH3 is 1. The maximum Gasteiger partial charge on any atom is 0.573 e. The summed E-state index contributed by atoms with van der Waals surface area (Å²) in [5, 5.41) is 0.661. The first-order valence-corrected chi connectivity index (χ1v) is 15.1. The molecule has 2 heterocycles. The SMILES string of the molecule is COc1cc2c(Oc3ccc(NS(=O)(=O)c4ccccc4OC(F)(F)F)c(C)c3)ccnc2cc1OCCN1CCOCC1. The van der Waals surface area contributed by atoms with Gasteiger partial charge in [-0.15, -0.1) is 13.2 Å². The van der Waals surface area contributed by atoms with E-state index in [1.54, 1.807) is 44.5 Å². The highest BCUT2D eigenvalue weighted by atomic mass is 32.2. The number of anilines is 1. The minimum absolute atomic E-state index is 0.152. The molecule has 44 heavy (non-hydrogen) atoms. The average molecular weight is 634 g/mol. The van der Waals surface area contributed by atoms with Gasteiger partial charge in [-0.1, -0.05) is 12.1 Å². The molecule has 0 radical (unpaired) electrons. The summed E-state index contributed by atoms with van der Waals surface area (Å²) in [5.74, 6) is 1.08. The van der Waals surface area contributed by atoms with Crippen LogP contribution in [0.15, 0.2) is 71.8 Å². The van der Waals surface area contributed by atoms with Gasteiger partial charge < -0.3 is 23.7 Å². The fraction of sp³-hybridized carbons (Fsp3) is 0.300. The van der Waals surface area contributed by atoms with Crippen molar-refractivity contribution in [1.82, 2.24) is 9.88 Å². The van der Waals surface area contributed by atoms with Crippen LogP contribution >= 0.6 is 0 Å². The molecule has 0 saturated carbocycles. The molecule has 0 amide bonds. The van der Waals surface area contributed by atoms with E-state index >= 15 is 0 Å². The minimum Gasteiger partial charge on any atom is -0.493 e. The molecule has 1 aliphatic rings. The fourth-order valence-electron chi connectivity index (χ4n) is 4.62. The van der Waals surface area contributed by atoms with Gasteiger partial charge in [0.05, 0.1) is 31.5 Å². The largest absolute Gasteiger partial charge is 0.573 e. The summed E-state index contributed by atoms with van der Waals surface area (Å²) >= 11 is 0. The number of benzene rings is 3. The Hall–Kier alpha value is -4.27. The Morgan fingerprint density at radius 3 is 2.48 bits per heavy atom. The molecule has 4 aromatic rings. The van der Waals surface area contributed by atoms with Crippen LogP contribution in [0.3, 0.4) is 0 Å². The maximum atomic E-state index is 13.0. The number of morpholine rings is 1. The number of halogens is 3. The molecule has 1 saturated heterocycles. The van der Waals surface area contributed by atoms with Crippen LogP contribution in [0.4, 0.5) is 18.9 Å². The van der Waals surface area contributed by atoms with E-state index in [-0.39, 0.29) is 5.69 Å². The molecule has 0 bridgehead atoms. The van der Waals surface area contributed by atoms with Gasteiger partial charge in [0.15, 0.2) is 11.5 Å². The predicted molar refractivity (Wildman–Crippen MR) is 156 cm³/mol. The first kappa shape index (κ1) is 31.2. The van der Waals surface area contributed by atoms with Crippen molar-refractivity contribution in [1.29, 1.82) is 0 Å². The lowest BCUT2D eigenvalue weighted by Gasteiger charge is -2.26. The molecule has 0 spiro atoms. The van der Waals surface area contributed by atoms with Crippen LogP contribution in [-0.2, 0) is 14.8 Å². The molecular weight excluding hydrogens is 603 g/mol. The van der Waals surface area contributed by atoms with Crippen molar-refractivity contribution in [2.75, 3.05) is 51.3 Å². The van der Waals surface area contributed by atoms with Gasteiger partial charge in [-0.2, -0.15) is 0 Å². The highest BCUT2D eigenvalue weighted by Gasteiger charge is 2.34. The van der Waals surface area contributed by atoms with Gasteiger partial charge in [-0.05, 0) is 55.0 Å². The lowest BCUT2D eigenvalue weighted by molar-refractivity contribution is -0.275. The third-order valence-electron chi connectivity index (χ3n) is 6.79. The summed E-state index contributed by atoms with van der Waals surface area (Å²) in [4.78, 5) is 6.06. The van der Waals surface area contributed by atoms with Crippen molar-refractivity contribution in [2.45, 2.75) is 18.2 Å². The Bertz CT molecular complexity index is 1730. The number of sulfonamides is 1. The highest BCUT2D eigenvalue weighted by Crippen LogP contribution is 2.38. The van der Waals surface area contributed by atoms with Crippen LogP contribution < -0.4 is 23.7 Å². The molecule has 1 fully saturated rings. The first-order chi connectivity index (χ1) is 21.0. The maximum absolute atomic E-state index is 13.0. The zero-order valence-electron chi connectivity index (χ0n) is 23.9. The van der Waals surface area contributed by atoms with Gasteiger partial charge >= 0.3 is 6.36 Å². The second-order valence-corrected chi connectivity index (χ2v) is 11.5. The Labute approximate surface area is 252 Å². The van der Waals surface area contributed by atoms with E-state index in [1.807, 2.05) is 0 Å². The lowest BCUT2D eigenvalue weighted by atomic mass is 10.1. The summed E-state index contributed by atoms with van der Waals surface area (Å²) < 4.78 is 93.8. The number of rotatable bonds is 11. The lowest BCUT2D eigenvalue weighted by Crippen LogP contribution is -2.38. The van der Waals surface area contributed by atoms with Crippen molar-refractivity contribution in [3.8, 4) is 28.7 Å². The van der Waals surface area contributed by atoms with E-state index in [2.05, 4.69) is 19.3 Å². The summed E-state index contributed by atoms with van der Waals surface area (Å²) in [6, 6.07) is 14.3. The smallest absolute Gasteiger partial charge is 0.493 e. The number of ether oxygens (including phenoxy) is 5. The molecular formula is C30H30F3N3O7S. The molecule has 14 heteroatoms. The van der Waals surface area contributed by atoms with Gasteiger partial charge in [-0.25, -0.2) is 8.42 Å². The highest BCUT2D eigenvalue weighted by molar-refractivity contribution is 7.92. The summed E-state index contributed by atoms with van der Waals surface area (Å²) in [5.41, 5.74) is 1.23. The van der Waals surface area contributed by atoms with Crippen molar-refractivity contribution >= 4 is 26.6 Å². The van der Waals surface area contributed by atoms with Crippen LogP contribution in [0.25, 0.3) is 10.9 Å². The summed E-state index contributed by atoms with van der Waals surface area (Å²) in [6.45, 7) is 5.99. The van der Waals surface area contributed by atoms with Crippen molar-refractivity contribution in [2.24, 2.45) is 0 Å². The molecule has 3 aromatic carbocycles. The van der Waals surface area contributed by atoms with Gasteiger partial charge in [0, 0.05) is 37.3 Å². The van der Waals surface area contributed by atoms with Crippen LogP contribution in [-0.4, -0.2) is 71.2 Å². The van der Waals surface area contributed by atoms with Gasteiger partial charge in [0.1, 0.15) is 28.8 Å². The van der Waals surface area contributed by atoms with Gasteiger partial charge in [-0.3, -0.25) is 14.6 Å². The monoisotopic (exact) mass is 633 g/mol. The summed E-state index contributed by atoms with van der Waals surface area (Å²) in [7, 11) is -2.88. The van der Waals surface area contributed by atoms with Crippen molar-refractivity contribution in [3.63, 3.8) is 0 Å². The first-order valence-electron chi connectivity index (χ1n) is 13.6. The van der Waals surface area contributed by atoms with E-state index < -0.39 is 27.0 Å². The molecule has 1 N–H and O–H groups in total. The minimum atomic E-state index is -5.06. The van der Waals surface area contributed by atoms with E-state index in [4.69, 9.17) is 18.9 Å². The quantitative estimate of drug-likeness (QED) is 0.221. The van der Waals surface area contributed by atoms with Crippen molar-refractivity contribution < 1.29 is 45.3 Å². The van der Waals surface area contributed by atoms with Crippen LogP contribution in [0, 0.1) is 6.92 Å². The molecule has 1 aliphatic heterocycles. The Morgan fingerprint density at radius 1 is 0.977 bits per heavy atom. The number of hydrogen-bond acceptors (Lipinski definition) is 9. The predicted octanol–water partition coefficient (Wildman–Crippen LogP) is 5.75. The van der Waals surface area contributed by atoms with Gasteiger partial charge in [0.2, 0.25) is 0 Å². The van der Waals surface area contributed by atoms with Crippen molar-refractivity contribution in [3.05, 3.63) is 72.4 Å². The number of aromatic nitrogens is 1. The van der Waals surface area contributed by atoms with E-state index in [1.165, 1.54) is 24.3 Å². The van der Waals surface area contributed by atoms with Crippen LogP contribution in [0.1, 0.15) is 5.56 Å². The summed E-state index contributed by atoms with van der Waals surface area (Å²) in [6.07, 6.45) is -3.46. The molecule has 0 unspecified atom stereocenters. The molecule has 0 atom stereocenters. The zero-order chi connectivity index (χ0) is 31.3. The Kier molecular flexibility index (Phi) is 9.32. The second-order valence-electron chi connectivity index (χ2n) is 9.81. The molecule has 5 rings (SSSR count). The topological polar surface area (TPSA) is 108 Å². The van der Waals surface area contributed by atoms with Crippen LogP contribution in [0.5, 0.6) is 28.7 Å². The molecule has 234 valence electrons. The number of fused-ring (bicyclic) bond motifs is 1. The van der Waals surface area contributed by atoms with E-state index in [9.17, 15) is 21.6 Å². The third-order valence-corrected chi connectivity index (χ3v) is 8.20. The Morgan fingerprint density at radius 2 is 1.75 bits per heavy atom. The fourth-order valence-corrected chi connectivity index (χ4v) is 5.88. The van der Waals surface area contributed by atoms with Gasteiger partial charge in [0.25, 0.3) is 10.0 Å². The number of nitrogens with zero attached hydrogens (tertiary/aromatic N) is 2. The number of alkyl halides is 3. The number of hydrogen-bond donors (Lipinski definition) is 1. The standard InChI is InChI=1S/C30H30F3N3O7S/c1-20-17-21(7-8-23(20)35-44(37,38)29-6-4-3-5-26(29)43-30(31,32)33)42-25-9-10-34-24-19-28(27(39-2)18-22(24)25)41-16-13-36-11-14-40-15-12-36/h3-10,17-19,35H,11-16H2,1-2H3. The van der Waals surface area contributed by atoms with E-state index in [0.717, 1.165) is 31.8 Å². The Balaban J connectivity index is 1.32.